The van der Waals surface area contributed by atoms with Gasteiger partial charge in [-0.1, -0.05) is 30.7 Å². The summed E-state index contributed by atoms with van der Waals surface area (Å²) in [6.07, 6.45) is 1.73. The van der Waals surface area contributed by atoms with Crippen LogP contribution in [0.25, 0.3) is 0 Å². The van der Waals surface area contributed by atoms with Gasteiger partial charge in [0.1, 0.15) is 6.04 Å². The van der Waals surface area contributed by atoms with Gasteiger partial charge in [-0.15, -0.1) is 0 Å². The fraction of sp³-hybridized carbons (Fsp3) is 0.579. The van der Waals surface area contributed by atoms with Gasteiger partial charge in [0.25, 0.3) is 0 Å². The molecule has 1 saturated carbocycles. The summed E-state index contributed by atoms with van der Waals surface area (Å²) in [5.41, 5.74) is 3.57. The normalized spacial score (nSPS) is 24.8. The van der Waals surface area contributed by atoms with E-state index in [0.717, 1.165) is 30.4 Å². The molecule has 5 heteroatoms. The molecule has 1 aromatic rings. The predicted molar refractivity (Wildman–Crippen MR) is 91.3 cm³/mol. The van der Waals surface area contributed by atoms with E-state index in [2.05, 4.69) is 35.8 Å². The maximum atomic E-state index is 12.7. The van der Waals surface area contributed by atoms with Crippen LogP contribution in [0.5, 0.6) is 0 Å². The molecule has 2 aliphatic rings. The van der Waals surface area contributed by atoms with Crippen molar-refractivity contribution in [3.8, 4) is 0 Å². The molecule has 24 heavy (non-hydrogen) atoms. The third-order valence-electron chi connectivity index (χ3n) is 5.06. The molecule has 3 rings (SSSR count). The van der Waals surface area contributed by atoms with Gasteiger partial charge in [-0.25, -0.2) is 0 Å². The Labute approximate surface area is 142 Å². The van der Waals surface area contributed by atoms with E-state index in [9.17, 15) is 14.7 Å². The third kappa shape index (κ3) is 3.46. The van der Waals surface area contributed by atoms with Crippen LogP contribution in [0.3, 0.4) is 0 Å². The molecule has 0 spiro atoms. The molecule has 5 nitrogen and oxygen atoms in total. The molecule has 0 saturated heterocycles. The standard InChI is InChI=1S/C19H26N2O3/c1-10-4-5-14-9-11(2)16(15(14)8-10)20-19(24)17(12(3)22)21-18(23)13-6-7-13/h4-5,8,11-13,16-17,22H,6-7,9H2,1-3H3,(H,20,24)(H,21,23). The second-order valence-electron chi connectivity index (χ2n) is 7.37. The summed E-state index contributed by atoms with van der Waals surface area (Å²) in [4.78, 5) is 24.6. The van der Waals surface area contributed by atoms with Crippen LogP contribution in [0.2, 0.25) is 0 Å². The molecule has 1 aromatic carbocycles. The first-order chi connectivity index (χ1) is 11.4. The highest BCUT2D eigenvalue weighted by atomic mass is 16.3. The predicted octanol–water partition coefficient (Wildman–Crippen LogP) is 1.62. The smallest absolute Gasteiger partial charge is 0.245 e. The zero-order valence-corrected chi connectivity index (χ0v) is 14.5. The van der Waals surface area contributed by atoms with Gasteiger partial charge in [-0.3, -0.25) is 9.59 Å². The van der Waals surface area contributed by atoms with Crippen molar-refractivity contribution in [2.75, 3.05) is 0 Å². The van der Waals surface area contributed by atoms with Gasteiger partial charge < -0.3 is 15.7 Å². The number of amides is 2. The minimum atomic E-state index is -0.929. The molecule has 1 fully saturated rings. The first kappa shape index (κ1) is 17.0. The Morgan fingerprint density at radius 1 is 1.29 bits per heavy atom. The number of fused-ring (bicyclic) bond motifs is 1. The summed E-state index contributed by atoms with van der Waals surface area (Å²) < 4.78 is 0. The fourth-order valence-corrected chi connectivity index (χ4v) is 3.45. The number of rotatable bonds is 5. The highest BCUT2D eigenvalue weighted by Crippen LogP contribution is 2.36. The van der Waals surface area contributed by atoms with Crippen LogP contribution in [0.4, 0.5) is 0 Å². The van der Waals surface area contributed by atoms with Crippen LogP contribution in [0.1, 0.15) is 49.4 Å². The lowest BCUT2D eigenvalue weighted by Crippen LogP contribution is -2.53. The number of hydrogen-bond acceptors (Lipinski definition) is 3. The Kier molecular flexibility index (Phi) is 4.63. The fourth-order valence-electron chi connectivity index (χ4n) is 3.45. The average Bonchev–Trinajstić information content (AvgIpc) is 3.32. The van der Waals surface area contributed by atoms with Crippen molar-refractivity contribution < 1.29 is 14.7 Å². The van der Waals surface area contributed by atoms with E-state index in [-0.39, 0.29) is 23.8 Å². The van der Waals surface area contributed by atoms with Crippen molar-refractivity contribution in [3.63, 3.8) is 0 Å². The molecule has 3 N–H and O–H groups in total. The zero-order chi connectivity index (χ0) is 17.4. The minimum Gasteiger partial charge on any atom is -0.391 e. The molecular weight excluding hydrogens is 304 g/mol. The molecule has 0 heterocycles. The Hall–Kier alpha value is -1.88. The van der Waals surface area contributed by atoms with Crippen molar-refractivity contribution in [2.24, 2.45) is 11.8 Å². The van der Waals surface area contributed by atoms with E-state index in [1.165, 1.54) is 12.5 Å². The number of carbonyl (C=O) groups excluding carboxylic acids is 2. The van der Waals surface area contributed by atoms with Gasteiger partial charge in [-0.2, -0.15) is 0 Å². The summed E-state index contributed by atoms with van der Waals surface area (Å²) in [7, 11) is 0. The molecule has 2 amide bonds. The van der Waals surface area contributed by atoms with Gasteiger partial charge in [0.2, 0.25) is 11.8 Å². The average molecular weight is 330 g/mol. The van der Waals surface area contributed by atoms with Crippen LogP contribution in [0, 0.1) is 18.8 Å². The highest BCUT2D eigenvalue weighted by molar-refractivity contribution is 5.90. The van der Waals surface area contributed by atoms with Crippen LogP contribution in [-0.2, 0) is 16.0 Å². The number of carbonyl (C=O) groups is 2. The highest BCUT2D eigenvalue weighted by Gasteiger charge is 2.37. The maximum Gasteiger partial charge on any atom is 0.245 e. The Morgan fingerprint density at radius 3 is 2.62 bits per heavy atom. The quantitative estimate of drug-likeness (QED) is 0.768. The van der Waals surface area contributed by atoms with Crippen molar-refractivity contribution in [1.82, 2.24) is 10.6 Å². The Morgan fingerprint density at radius 2 is 2.00 bits per heavy atom. The minimum absolute atomic E-state index is 0.00725. The molecule has 0 bridgehead atoms. The molecule has 0 aliphatic heterocycles. The van der Waals surface area contributed by atoms with Crippen LogP contribution < -0.4 is 10.6 Å². The Balaban J connectivity index is 1.72. The van der Waals surface area contributed by atoms with E-state index < -0.39 is 12.1 Å². The number of hydrogen-bond donors (Lipinski definition) is 3. The Bertz CT molecular complexity index is 652. The lowest BCUT2D eigenvalue weighted by Gasteiger charge is -2.25. The molecule has 4 unspecified atom stereocenters. The largest absolute Gasteiger partial charge is 0.391 e. The molecular formula is C19H26N2O3. The second kappa shape index (κ2) is 6.55. The number of nitrogens with one attached hydrogen (secondary N) is 2. The van der Waals surface area contributed by atoms with Gasteiger partial charge in [0.15, 0.2) is 0 Å². The van der Waals surface area contributed by atoms with Gasteiger partial charge >= 0.3 is 0 Å². The summed E-state index contributed by atoms with van der Waals surface area (Å²) in [6.45, 7) is 5.69. The van der Waals surface area contributed by atoms with Gasteiger partial charge in [0.05, 0.1) is 12.1 Å². The first-order valence-corrected chi connectivity index (χ1v) is 8.75. The van der Waals surface area contributed by atoms with Crippen LogP contribution >= 0.6 is 0 Å². The summed E-state index contributed by atoms with van der Waals surface area (Å²) >= 11 is 0. The molecule has 4 atom stereocenters. The number of aliphatic hydroxyl groups excluding tert-OH is 1. The second-order valence-corrected chi connectivity index (χ2v) is 7.37. The van der Waals surface area contributed by atoms with Crippen LogP contribution in [-0.4, -0.2) is 29.1 Å². The number of benzene rings is 1. The van der Waals surface area contributed by atoms with E-state index in [4.69, 9.17) is 0 Å². The molecule has 130 valence electrons. The summed E-state index contributed by atoms with van der Waals surface area (Å²) in [6, 6.07) is 5.34. The number of aryl methyl sites for hydroxylation is 1. The number of aliphatic hydroxyl groups is 1. The maximum absolute atomic E-state index is 12.7. The molecule has 0 radical (unpaired) electrons. The van der Waals surface area contributed by atoms with E-state index in [1.54, 1.807) is 0 Å². The lowest BCUT2D eigenvalue weighted by atomic mass is 10.0. The SMILES string of the molecule is Cc1ccc2c(c1)C(NC(=O)C(NC(=O)C1CC1)C(C)O)C(C)C2. The summed E-state index contributed by atoms with van der Waals surface area (Å²) in [5.74, 6) is -0.149. The van der Waals surface area contributed by atoms with Crippen molar-refractivity contribution in [3.05, 3.63) is 34.9 Å². The van der Waals surface area contributed by atoms with E-state index >= 15 is 0 Å². The van der Waals surface area contributed by atoms with Crippen molar-refractivity contribution in [2.45, 2.75) is 58.2 Å². The van der Waals surface area contributed by atoms with Crippen LogP contribution in [0.15, 0.2) is 18.2 Å². The van der Waals surface area contributed by atoms with E-state index in [0.29, 0.717) is 5.92 Å². The first-order valence-electron chi connectivity index (χ1n) is 8.75. The molecule has 2 aliphatic carbocycles. The monoisotopic (exact) mass is 330 g/mol. The summed E-state index contributed by atoms with van der Waals surface area (Å²) in [5, 5.41) is 15.7. The van der Waals surface area contributed by atoms with E-state index in [1.807, 2.05) is 6.92 Å². The topological polar surface area (TPSA) is 78.4 Å². The van der Waals surface area contributed by atoms with Crippen molar-refractivity contribution in [1.29, 1.82) is 0 Å². The zero-order valence-electron chi connectivity index (χ0n) is 14.5. The van der Waals surface area contributed by atoms with Gasteiger partial charge in [0, 0.05) is 5.92 Å². The van der Waals surface area contributed by atoms with Gasteiger partial charge in [-0.05, 0) is 50.2 Å². The lowest BCUT2D eigenvalue weighted by molar-refractivity contribution is -0.132. The third-order valence-corrected chi connectivity index (χ3v) is 5.06. The molecule has 0 aromatic heterocycles. The van der Waals surface area contributed by atoms with Crippen molar-refractivity contribution >= 4 is 11.8 Å².